The van der Waals surface area contributed by atoms with Crippen LogP contribution >= 0.6 is 0 Å². The van der Waals surface area contributed by atoms with Crippen molar-refractivity contribution < 1.29 is 0 Å². The lowest BCUT2D eigenvalue weighted by Crippen LogP contribution is -1.93. The number of nitrogens with one attached hydrogen (secondary N) is 1. The summed E-state index contributed by atoms with van der Waals surface area (Å²) < 4.78 is 2.37. The first-order valence-corrected chi connectivity index (χ1v) is 11.0. The quantitative estimate of drug-likeness (QED) is 0.298. The van der Waals surface area contributed by atoms with E-state index in [1.165, 1.54) is 60.4 Å². The molecule has 0 aliphatic carbocycles. The standard InChI is InChI=1S/C30H20N2/c1-2-8-22(9-3-1)32-29-13-7-5-11-25(29)26-17-15-21(19-30(26)32)20-14-16-24-23-10-4-6-12-27(23)31-28(24)18-20/h1-19,31H. The summed E-state index contributed by atoms with van der Waals surface area (Å²) in [4.78, 5) is 3.58. The van der Waals surface area contributed by atoms with Crippen LogP contribution in [0, 0.1) is 0 Å². The number of nitrogens with zero attached hydrogens (tertiary/aromatic N) is 1. The third-order valence-corrected chi connectivity index (χ3v) is 6.53. The van der Waals surface area contributed by atoms with E-state index in [1.807, 2.05) is 0 Å². The second kappa shape index (κ2) is 6.60. The first-order valence-electron chi connectivity index (χ1n) is 11.0. The number of benzene rings is 5. The number of para-hydroxylation sites is 3. The predicted octanol–water partition coefficient (Wildman–Crippen LogP) is 8.09. The van der Waals surface area contributed by atoms with E-state index in [2.05, 4.69) is 125 Å². The molecular formula is C30H20N2. The monoisotopic (exact) mass is 408 g/mol. The van der Waals surface area contributed by atoms with Crippen LogP contribution in [0.2, 0.25) is 0 Å². The second-order valence-corrected chi connectivity index (χ2v) is 8.35. The van der Waals surface area contributed by atoms with Gasteiger partial charge in [-0.25, -0.2) is 0 Å². The Kier molecular flexibility index (Phi) is 3.58. The molecule has 0 amide bonds. The van der Waals surface area contributed by atoms with Crippen molar-refractivity contribution in [2.45, 2.75) is 0 Å². The van der Waals surface area contributed by atoms with Gasteiger partial charge < -0.3 is 9.55 Å². The summed E-state index contributed by atoms with van der Waals surface area (Å²) in [7, 11) is 0. The maximum Gasteiger partial charge on any atom is 0.0547 e. The summed E-state index contributed by atoms with van der Waals surface area (Å²) >= 11 is 0. The molecule has 0 spiro atoms. The first-order chi connectivity index (χ1) is 15.9. The molecule has 2 nitrogen and oxygen atoms in total. The third-order valence-electron chi connectivity index (χ3n) is 6.53. The van der Waals surface area contributed by atoms with Gasteiger partial charge in [-0.2, -0.15) is 0 Å². The molecule has 1 N–H and O–H groups in total. The fourth-order valence-electron chi connectivity index (χ4n) is 5.04. The molecule has 0 fully saturated rings. The summed E-state index contributed by atoms with van der Waals surface area (Å²) in [5.41, 5.74) is 8.44. The molecule has 2 heteroatoms. The van der Waals surface area contributed by atoms with E-state index in [0.717, 1.165) is 0 Å². The Morgan fingerprint density at radius 3 is 1.94 bits per heavy atom. The van der Waals surface area contributed by atoms with Gasteiger partial charge in [0.2, 0.25) is 0 Å². The van der Waals surface area contributed by atoms with Gasteiger partial charge in [0.05, 0.1) is 11.0 Å². The van der Waals surface area contributed by atoms with Crippen molar-refractivity contribution in [3.05, 3.63) is 115 Å². The van der Waals surface area contributed by atoms with Crippen LogP contribution in [-0.4, -0.2) is 9.55 Å². The molecule has 0 unspecified atom stereocenters. The number of rotatable bonds is 2. The Hall–Kier alpha value is -4.30. The number of H-pyrrole nitrogens is 1. The van der Waals surface area contributed by atoms with Crippen LogP contribution in [0.4, 0.5) is 0 Å². The smallest absolute Gasteiger partial charge is 0.0547 e. The van der Waals surface area contributed by atoms with E-state index in [-0.39, 0.29) is 0 Å². The maximum atomic E-state index is 3.58. The van der Waals surface area contributed by atoms with Gasteiger partial charge >= 0.3 is 0 Å². The fourth-order valence-corrected chi connectivity index (χ4v) is 5.04. The second-order valence-electron chi connectivity index (χ2n) is 8.35. The van der Waals surface area contributed by atoms with Crippen LogP contribution in [0.3, 0.4) is 0 Å². The summed E-state index contributed by atoms with van der Waals surface area (Å²) in [5, 5.41) is 5.10. The van der Waals surface area contributed by atoms with Gasteiger partial charge in [0.1, 0.15) is 0 Å². The molecule has 0 radical (unpaired) electrons. The van der Waals surface area contributed by atoms with E-state index in [9.17, 15) is 0 Å². The van der Waals surface area contributed by atoms with Crippen LogP contribution in [0.25, 0.3) is 60.4 Å². The lowest BCUT2D eigenvalue weighted by atomic mass is 10.0. The molecule has 2 aromatic heterocycles. The summed E-state index contributed by atoms with van der Waals surface area (Å²) in [6.07, 6.45) is 0. The van der Waals surface area contributed by atoms with Gasteiger partial charge in [0, 0.05) is 38.3 Å². The van der Waals surface area contributed by atoms with Crippen molar-refractivity contribution in [1.82, 2.24) is 9.55 Å². The van der Waals surface area contributed by atoms with Crippen molar-refractivity contribution in [2.75, 3.05) is 0 Å². The van der Waals surface area contributed by atoms with E-state index in [1.54, 1.807) is 0 Å². The highest BCUT2D eigenvalue weighted by Crippen LogP contribution is 2.36. The average molecular weight is 409 g/mol. The van der Waals surface area contributed by atoms with Gasteiger partial charge in [0.15, 0.2) is 0 Å². The number of aromatic nitrogens is 2. The highest BCUT2D eigenvalue weighted by Gasteiger charge is 2.13. The van der Waals surface area contributed by atoms with Crippen molar-refractivity contribution in [3.8, 4) is 16.8 Å². The summed E-state index contributed by atoms with van der Waals surface area (Å²) in [5.74, 6) is 0. The van der Waals surface area contributed by atoms with Crippen molar-refractivity contribution in [1.29, 1.82) is 0 Å². The average Bonchev–Trinajstić information content (AvgIpc) is 3.39. The lowest BCUT2D eigenvalue weighted by molar-refractivity contribution is 1.18. The zero-order valence-corrected chi connectivity index (χ0v) is 17.4. The van der Waals surface area contributed by atoms with Gasteiger partial charge in [-0.05, 0) is 47.5 Å². The van der Waals surface area contributed by atoms with Gasteiger partial charge in [-0.3, -0.25) is 0 Å². The molecule has 0 bridgehead atoms. The van der Waals surface area contributed by atoms with Gasteiger partial charge in [-0.15, -0.1) is 0 Å². The molecule has 32 heavy (non-hydrogen) atoms. The molecule has 5 aromatic carbocycles. The zero-order valence-electron chi connectivity index (χ0n) is 17.4. The normalized spacial score (nSPS) is 11.8. The number of hydrogen-bond acceptors (Lipinski definition) is 0. The Labute approximate surface area is 185 Å². The molecular weight excluding hydrogens is 388 g/mol. The molecule has 0 saturated heterocycles. The lowest BCUT2D eigenvalue weighted by Gasteiger charge is -2.09. The molecule has 0 saturated carbocycles. The van der Waals surface area contributed by atoms with Crippen molar-refractivity contribution >= 4 is 43.6 Å². The van der Waals surface area contributed by atoms with Crippen LogP contribution in [-0.2, 0) is 0 Å². The minimum atomic E-state index is 1.17. The highest BCUT2D eigenvalue weighted by atomic mass is 15.0. The number of hydrogen-bond donors (Lipinski definition) is 1. The van der Waals surface area contributed by atoms with E-state index in [4.69, 9.17) is 0 Å². The van der Waals surface area contributed by atoms with Crippen LogP contribution in [0.1, 0.15) is 0 Å². The van der Waals surface area contributed by atoms with Crippen molar-refractivity contribution in [3.63, 3.8) is 0 Å². The van der Waals surface area contributed by atoms with E-state index in [0.29, 0.717) is 0 Å². The van der Waals surface area contributed by atoms with Crippen LogP contribution in [0.15, 0.2) is 115 Å². The Balaban J connectivity index is 1.49. The van der Waals surface area contributed by atoms with Crippen LogP contribution in [0.5, 0.6) is 0 Å². The molecule has 0 atom stereocenters. The predicted molar refractivity (Wildman–Crippen MR) is 136 cm³/mol. The molecule has 0 aliphatic rings. The van der Waals surface area contributed by atoms with Crippen LogP contribution < -0.4 is 0 Å². The van der Waals surface area contributed by atoms with Crippen molar-refractivity contribution in [2.24, 2.45) is 0 Å². The van der Waals surface area contributed by atoms with E-state index >= 15 is 0 Å². The molecule has 0 aliphatic heterocycles. The van der Waals surface area contributed by atoms with Gasteiger partial charge in [0.25, 0.3) is 0 Å². The Bertz CT molecular complexity index is 1770. The number of fused-ring (bicyclic) bond motifs is 6. The Morgan fingerprint density at radius 1 is 0.438 bits per heavy atom. The molecule has 7 aromatic rings. The number of aromatic amines is 1. The minimum Gasteiger partial charge on any atom is -0.354 e. The fraction of sp³-hybridized carbons (Fsp3) is 0. The SMILES string of the molecule is c1ccc(-n2c3ccccc3c3ccc(-c4ccc5c(c4)[nH]c4ccccc45)cc32)cc1. The van der Waals surface area contributed by atoms with Gasteiger partial charge in [-0.1, -0.05) is 78.9 Å². The molecule has 2 heterocycles. The minimum absolute atomic E-state index is 1.17. The third kappa shape index (κ3) is 2.47. The largest absolute Gasteiger partial charge is 0.354 e. The Morgan fingerprint density at radius 2 is 1.06 bits per heavy atom. The molecule has 150 valence electrons. The first kappa shape index (κ1) is 17.4. The summed E-state index contributed by atoms with van der Waals surface area (Å²) in [6.45, 7) is 0. The zero-order chi connectivity index (χ0) is 21.1. The maximum absolute atomic E-state index is 3.58. The van der Waals surface area contributed by atoms with E-state index < -0.39 is 0 Å². The highest BCUT2D eigenvalue weighted by molar-refractivity contribution is 6.11. The topological polar surface area (TPSA) is 20.7 Å². The molecule has 7 rings (SSSR count). The summed E-state index contributed by atoms with van der Waals surface area (Å²) in [6, 6.07) is 41.3.